The van der Waals surface area contributed by atoms with Gasteiger partial charge in [-0.2, -0.15) is 0 Å². The minimum absolute atomic E-state index is 0.0647. The molecule has 1 N–H and O–H groups in total. The molecule has 1 aliphatic heterocycles. The molecule has 0 atom stereocenters. The van der Waals surface area contributed by atoms with Crippen LogP contribution in [0.1, 0.15) is 35.8 Å². The number of aromatic nitrogens is 5. The Morgan fingerprint density at radius 2 is 2.12 bits per heavy atom. The Hall–Kier alpha value is -2.96. The van der Waals surface area contributed by atoms with Gasteiger partial charge >= 0.3 is 0 Å². The Morgan fingerprint density at radius 1 is 1.27 bits per heavy atom. The Balaban J connectivity index is 1.39. The summed E-state index contributed by atoms with van der Waals surface area (Å²) in [6.45, 7) is 4.45. The standard InChI is InChI=1S/C19H22N6O/c1-14-22-17(10-19(26)23-14)16-4-7-25(8-5-16)18-3-2-15(11-21-18)12-24-9-6-20-13-24/h2-3,6,9-11,13,16H,4-5,7-8,12H2,1H3,(H,22,23,26). The van der Waals surface area contributed by atoms with E-state index in [0.29, 0.717) is 11.7 Å². The molecule has 7 nitrogen and oxygen atoms in total. The maximum atomic E-state index is 11.7. The van der Waals surface area contributed by atoms with Crippen LogP contribution in [0.5, 0.6) is 0 Å². The first-order chi connectivity index (χ1) is 12.7. The summed E-state index contributed by atoms with van der Waals surface area (Å²) < 4.78 is 2.03. The first-order valence-electron chi connectivity index (χ1n) is 8.91. The molecule has 3 aromatic rings. The van der Waals surface area contributed by atoms with Crippen LogP contribution in [0.25, 0.3) is 0 Å². The maximum absolute atomic E-state index is 11.7. The predicted octanol–water partition coefficient (Wildman–Crippen LogP) is 2.10. The largest absolute Gasteiger partial charge is 0.357 e. The van der Waals surface area contributed by atoms with Gasteiger partial charge in [-0.05, 0) is 31.4 Å². The Morgan fingerprint density at radius 3 is 2.77 bits per heavy atom. The summed E-state index contributed by atoms with van der Waals surface area (Å²) in [6, 6.07) is 5.84. The van der Waals surface area contributed by atoms with Crippen molar-refractivity contribution >= 4 is 5.82 Å². The van der Waals surface area contributed by atoms with E-state index in [4.69, 9.17) is 0 Å². The Bertz CT molecular complexity index is 908. The minimum atomic E-state index is -0.0647. The van der Waals surface area contributed by atoms with Crippen LogP contribution in [0.4, 0.5) is 5.82 Å². The number of rotatable bonds is 4. The molecule has 0 saturated carbocycles. The molecular weight excluding hydrogens is 328 g/mol. The molecule has 0 unspecified atom stereocenters. The van der Waals surface area contributed by atoms with Crippen molar-refractivity contribution < 1.29 is 0 Å². The first kappa shape index (κ1) is 16.5. The molecule has 4 rings (SSSR count). The van der Waals surface area contributed by atoms with Crippen LogP contribution < -0.4 is 10.5 Å². The number of piperidine rings is 1. The van der Waals surface area contributed by atoms with Crippen molar-refractivity contribution in [3.8, 4) is 0 Å². The summed E-state index contributed by atoms with van der Waals surface area (Å²) in [5.74, 6) is 2.03. The van der Waals surface area contributed by atoms with E-state index in [2.05, 4.69) is 37.0 Å². The number of H-pyrrole nitrogens is 1. The SMILES string of the molecule is Cc1nc(C2CCN(c3ccc(Cn4ccnc4)cn3)CC2)cc(=O)[nH]1. The third-order valence-corrected chi connectivity index (χ3v) is 4.85. The molecule has 1 aliphatic rings. The summed E-state index contributed by atoms with van der Waals surface area (Å²) in [4.78, 5) is 29.9. The van der Waals surface area contributed by atoms with Crippen molar-refractivity contribution in [1.82, 2.24) is 24.5 Å². The third-order valence-electron chi connectivity index (χ3n) is 4.85. The average Bonchev–Trinajstić information content (AvgIpc) is 3.15. The first-order valence-corrected chi connectivity index (χ1v) is 8.91. The van der Waals surface area contributed by atoms with Crippen LogP contribution in [0, 0.1) is 6.92 Å². The van der Waals surface area contributed by atoms with Crippen molar-refractivity contribution in [2.24, 2.45) is 0 Å². The van der Waals surface area contributed by atoms with Crippen LogP contribution in [0.2, 0.25) is 0 Å². The number of nitrogens with zero attached hydrogens (tertiary/aromatic N) is 5. The van der Waals surface area contributed by atoms with Gasteiger partial charge in [0.1, 0.15) is 11.6 Å². The van der Waals surface area contributed by atoms with E-state index in [-0.39, 0.29) is 5.56 Å². The Kier molecular flexibility index (Phi) is 4.51. The second-order valence-corrected chi connectivity index (χ2v) is 6.78. The zero-order valence-electron chi connectivity index (χ0n) is 14.8. The lowest BCUT2D eigenvalue weighted by molar-refractivity contribution is 0.491. The summed E-state index contributed by atoms with van der Waals surface area (Å²) in [5.41, 5.74) is 2.00. The molecule has 3 aromatic heterocycles. The lowest BCUT2D eigenvalue weighted by Crippen LogP contribution is -2.34. The van der Waals surface area contributed by atoms with Crippen LogP contribution in [0.3, 0.4) is 0 Å². The van der Waals surface area contributed by atoms with Gasteiger partial charge in [-0.25, -0.2) is 15.0 Å². The van der Waals surface area contributed by atoms with Crippen molar-refractivity contribution in [3.05, 3.63) is 70.6 Å². The van der Waals surface area contributed by atoms with E-state index in [1.165, 1.54) is 0 Å². The van der Waals surface area contributed by atoms with Crippen LogP contribution >= 0.6 is 0 Å². The summed E-state index contributed by atoms with van der Waals surface area (Å²) >= 11 is 0. The number of aryl methyl sites for hydroxylation is 1. The highest BCUT2D eigenvalue weighted by Crippen LogP contribution is 2.28. The normalized spacial score (nSPS) is 15.3. The quantitative estimate of drug-likeness (QED) is 0.779. The van der Waals surface area contributed by atoms with Gasteiger partial charge in [0, 0.05) is 50.2 Å². The van der Waals surface area contributed by atoms with Crippen molar-refractivity contribution in [2.45, 2.75) is 32.2 Å². The van der Waals surface area contributed by atoms with Crippen molar-refractivity contribution in [1.29, 1.82) is 0 Å². The molecule has 134 valence electrons. The molecule has 0 radical (unpaired) electrons. The fourth-order valence-electron chi connectivity index (χ4n) is 3.50. The highest BCUT2D eigenvalue weighted by atomic mass is 16.1. The fraction of sp³-hybridized carbons (Fsp3) is 0.368. The topological polar surface area (TPSA) is 79.7 Å². The molecule has 0 bridgehead atoms. The molecule has 0 aliphatic carbocycles. The lowest BCUT2D eigenvalue weighted by atomic mass is 9.93. The number of hydrogen-bond donors (Lipinski definition) is 1. The van der Waals surface area contributed by atoms with E-state index in [0.717, 1.165) is 49.6 Å². The number of anilines is 1. The molecule has 26 heavy (non-hydrogen) atoms. The van der Waals surface area contributed by atoms with E-state index >= 15 is 0 Å². The van der Waals surface area contributed by atoms with Crippen LogP contribution in [-0.4, -0.2) is 37.6 Å². The monoisotopic (exact) mass is 350 g/mol. The predicted molar refractivity (Wildman–Crippen MR) is 99.3 cm³/mol. The van der Waals surface area contributed by atoms with Crippen molar-refractivity contribution in [3.63, 3.8) is 0 Å². The average molecular weight is 350 g/mol. The molecule has 0 spiro atoms. The summed E-state index contributed by atoms with van der Waals surface area (Å²) in [5, 5.41) is 0. The van der Waals surface area contributed by atoms with Gasteiger partial charge in [0.25, 0.3) is 5.56 Å². The number of pyridine rings is 1. The fourth-order valence-corrected chi connectivity index (χ4v) is 3.50. The number of nitrogens with one attached hydrogen (secondary N) is 1. The van der Waals surface area contributed by atoms with Gasteiger partial charge < -0.3 is 14.5 Å². The second-order valence-electron chi connectivity index (χ2n) is 6.78. The van der Waals surface area contributed by atoms with E-state index in [1.807, 2.05) is 30.2 Å². The highest BCUT2D eigenvalue weighted by Gasteiger charge is 2.23. The number of aromatic amines is 1. The minimum Gasteiger partial charge on any atom is -0.357 e. The van der Waals surface area contributed by atoms with Crippen LogP contribution in [-0.2, 0) is 6.54 Å². The smallest absolute Gasteiger partial charge is 0.251 e. The molecule has 4 heterocycles. The van der Waals surface area contributed by atoms with Crippen LogP contribution in [0.15, 0.2) is 47.9 Å². The molecule has 0 aromatic carbocycles. The van der Waals surface area contributed by atoms with E-state index < -0.39 is 0 Å². The molecule has 7 heteroatoms. The van der Waals surface area contributed by atoms with E-state index in [1.54, 1.807) is 12.3 Å². The van der Waals surface area contributed by atoms with Gasteiger partial charge in [-0.1, -0.05) is 6.07 Å². The molecule has 1 saturated heterocycles. The zero-order valence-corrected chi connectivity index (χ0v) is 14.8. The Labute approximate surface area is 151 Å². The van der Waals surface area contributed by atoms with Gasteiger partial charge in [-0.15, -0.1) is 0 Å². The van der Waals surface area contributed by atoms with Gasteiger partial charge in [0.05, 0.1) is 12.0 Å². The third kappa shape index (κ3) is 3.66. The second kappa shape index (κ2) is 7.11. The molecule has 1 fully saturated rings. The summed E-state index contributed by atoms with van der Waals surface area (Å²) in [6.07, 6.45) is 9.43. The van der Waals surface area contributed by atoms with Gasteiger partial charge in [0.2, 0.25) is 0 Å². The highest BCUT2D eigenvalue weighted by molar-refractivity contribution is 5.40. The number of hydrogen-bond acceptors (Lipinski definition) is 5. The maximum Gasteiger partial charge on any atom is 0.251 e. The lowest BCUT2D eigenvalue weighted by Gasteiger charge is -2.32. The van der Waals surface area contributed by atoms with E-state index in [9.17, 15) is 4.79 Å². The van der Waals surface area contributed by atoms with Crippen molar-refractivity contribution in [2.75, 3.05) is 18.0 Å². The molecular formula is C19H22N6O. The van der Waals surface area contributed by atoms with Gasteiger partial charge in [-0.3, -0.25) is 4.79 Å². The number of imidazole rings is 1. The molecule has 0 amide bonds. The van der Waals surface area contributed by atoms with Gasteiger partial charge in [0.15, 0.2) is 0 Å². The summed E-state index contributed by atoms with van der Waals surface area (Å²) in [7, 11) is 0. The zero-order chi connectivity index (χ0) is 17.9.